The van der Waals surface area contributed by atoms with E-state index in [2.05, 4.69) is 32.6 Å². The summed E-state index contributed by atoms with van der Waals surface area (Å²) in [5.41, 5.74) is 0.838. The van der Waals surface area contributed by atoms with Crippen LogP contribution in [0.2, 0.25) is 0 Å². The molecule has 0 N–H and O–H groups in total. The van der Waals surface area contributed by atoms with Crippen molar-refractivity contribution >= 4 is 33.2 Å². The van der Waals surface area contributed by atoms with E-state index in [1.807, 2.05) is 13.0 Å². The molecule has 5 nitrogen and oxygen atoms in total. The van der Waals surface area contributed by atoms with Crippen molar-refractivity contribution in [3.05, 3.63) is 45.2 Å². The number of aromatic nitrogens is 2. The summed E-state index contributed by atoms with van der Waals surface area (Å²) in [6, 6.07) is 1.87. The van der Waals surface area contributed by atoms with E-state index in [0.29, 0.717) is 19.5 Å². The number of hydrogen-bond acceptors (Lipinski definition) is 5. The minimum atomic E-state index is -0.118. The van der Waals surface area contributed by atoms with E-state index in [0.717, 1.165) is 20.2 Å². The Bertz CT molecular complexity index is 608. The fraction of sp³-hybridized carbons (Fsp3) is 0.308. The van der Waals surface area contributed by atoms with Crippen molar-refractivity contribution in [3.63, 3.8) is 0 Å². The van der Waals surface area contributed by atoms with E-state index in [9.17, 15) is 4.79 Å². The second-order valence-corrected chi connectivity index (χ2v) is 6.70. The molecule has 0 saturated heterocycles. The molecule has 0 aliphatic carbocycles. The van der Waals surface area contributed by atoms with E-state index in [4.69, 9.17) is 4.52 Å². The second kappa shape index (κ2) is 6.81. The third-order valence-corrected chi connectivity index (χ3v) is 4.10. The Morgan fingerprint density at radius 1 is 1.65 bits per heavy atom. The number of thiazole rings is 1. The minimum absolute atomic E-state index is 0.118. The van der Waals surface area contributed by atoms with E-state index in [1.165, 1.54) is 17.4 Å². The fourth-order valence-corrected chi connectivity index (χ4v) is 3.02. The van der Waals surface area contributed by atoms with E-state index in [1.54, 1.807) is 11.1 Å². The maximum Gasteiger partial charge on any atom is 0.246 e. The van der Waals surface area contributed by atoms with Crippen molar-refractivity contribution in [1.82, 2.24) is 15.0 Å². The fourth-order valence-electron chi connectivity index (χ4n) is 1.70. The topological polar surface area (TPSA) is 59.2 Å². The Labute approximate surface area is 129 Å². The number of carbonyl (C=O) groups is 1. The van der Waals surface area contributed by atoms with Crippen molar-refractivity contribution in [2.75, 3.05) is 6.54 Å². The average Bonchev–Trinajstić information content (AvgIpc) is 3.02. The number of rotatable bonds is 6. The molecule has 20 heavy (non-hydrogen) atoms. The molecule has 2 heterocycles. The molecule has 0 aliphatic rings. The summed E-state index contributed by atoms with van der Waals surface area (Å²) in [6.45, 7) is 6.41. The molecule has 7 heteroatoms. The second-order valence-electron chi connectivity index (χ2n) is 4.21. The van der Waals surface area contributed by atoms with Gasteiger partial charge in [0.15, 0.2) is 0 Å². The zero-order valence-corrected chi connectivity index (χ0v) is 13.4. The summed E-state index contributed by atoms with van der Waals surface area (Å²) in [7, 11) is 0. The van der Waals surface area contributed by atoms with Crippen molar-refractivity contribution < 1.29 is 9.32 Å². The Kier molecular flexibility index (Phi) is 5.08. The van der Waals surface area contributed by atoms with Crippen molar-refractivity contribution in [1.29, 1.82) is 0 Å². The van der Waals surface area contributed by atoms with Crippen LogP contribution in [0, 0.1) is 6.92 Å². The molecule has 2 aromatic heterocycles. The lowest BCUT2D eigenvalue weighted by molar-refractivity contribution is -0.126. The van der Waals surface area contributed by atoms with Crippen LogP contribution in [0.25, 0.3) is 0 Å². The Morgan fingerprint density at radius 2 is 2.45 bits per heavy atom. The Hall–Kier alpha value is -1.47. The third-order valence-electron chi connectivity index (χ3n) is 2.64. The standard InChI is InChI=1S/C13H14BrN3O2S/c1-3-13(18)17(8-12-15-7-11(14)20-12)5-4-10-6-9(2)16-19-10/h3,6-7H,1,4-5,8H2,2H3. The molecule has 0 unspecified atom stereocenters. The van der Waals surface area contributed by atoms with Gasteiger partial charge in [-0.15, -0.1) is 11.3 Å². The Morgan fingerprint density at radius 3 is 3.00 bits per heavy atom. The quantitative estimate of drug-likeness (QED) is 0.747. The van der Waals surface area contributed by atoms with Crippen molar-refractivity contribution in [2.24, 2.45) is 0 Å². The number of aryl methyl sites for hydroxylation is 1. The maximum atomic E-state index is 11.9. The molecule has 0 fully saturated rings. The van der Waals surface area contributed by atoms with E-state index >= 15 is 0 Å². The van der Waals surface area contributed by atoms with E-state index in [-0.39, 0.29) is 5.91 Å². The lowest BCUT2D eigenvalue weighted by Gasteiger charge is -2.19. The summed E-state index contributed by atoms with van der Waals surface area (Å²) in [4.78, 5) is 17.8. The number of carbonyl (C=O) groups excluding carboxylic acids is 1. The summed E-state index contributed by atoms with van der Waals surface area (Å²) in [6.07, 6.45) is 3.66. The largest absolute Gasteiger partial charge is 0.361 e. The van der Waals surface area contributed by atoms with Gasteiger partial charge in [0.2, 0.25) is 5.91 Å². The van der Waals surface area contributed by atoms with Crippen LogP contribution in [-0.4, -0.2) is 27.5 Å². The van der Waals surface area contributed by atoms with Gasteiger partial charge in [0.25, 0.3) is 0 Å². The van der Waals surface area contributed by atoms with Gasteiger partial charge in [-0.2, -0.15) is 0 Å². The maximum absolute atomic E-state index is 11.9. The molecule has 106 valence electrons. The monoisotopic (exact) mass is 355 g/mol. The first kappa shape index (κ1) is 14.9. The number of nitrogens with zero attached hydrogens (tertiary/aromatic N) is 3. The van der Waals surface area contributed by atoms with Gasteiger partial charge in [-0.1, -0.05) is 11.7 Å². The smallest absolute Gasteiger partial charge is 0.246 e. The van der Waals surface area contributed by atoms with Gasteiger partial charge in [0.1, 0.15) is 10.8 Å². The van der Waals surface area contributed by atoms with Crippen LogP contribution >= 0.6 is 27.3 Å². The molecule has 0 spiro atoms. The SMILES string of the molecule is C=CC(=O)N(CCc1cc(C)no1)Cc1ncc(Br)s1. The summed E-state index contributed by atoms with van der Waals surface area (Å²) in [5.74, 6) is 0.650. The summed E-state index contributed by atoms with van der Waals surface area (Å²) < 4.78 is 6.10. The van der Waals surface area contributed by atoms with E-state index < -0.39 is 0 Å². The van der Waals surface area contributed by atoms with Gasteiger partial charge >= 0.3 is 0 Å². The van der Waals surface area contributed by atoms with Crippen LogP contribution in [0.15, 0.2) is 33.2 Å². The van der Waals surface area contributed by atoms with Crippen LogP contribution in [0.5, 0.6) is 0 Å². The predicted molar refractivity (Wildman–Crippen MR) is 80.4 cm³/mol. The number of halogens is 1. The van der Waals surface area contributed by atoms with Gasteiger partial charge in [0, 0.05) is 19.0 Å². The first-order valence-electron chi connectivity index (χ1n) is 6.02. The first-order valence-corrected chi connectivity index (χ1v) is 7.63. The molecule has 2 rings (SSSR count). The molecule has 1 amide bonds. The minimum Gasteiger partial charge on any atom is -0.361 e. The lowest BCUT2D eigenvalue weighted by Crippen LogP contribution is -2.30. The highest BCUT2D eigenvalue weighted by Gasteiger charge is 2.14. The average molecular weight is 356 g/mol. The molecule has 0 radical (unpaired) electrons. The molecule has 0 saturated carbocycles. The van der Waals surface area contributed by atoms with Gasteiger partial charge in [-0.3, -0.25) is 4.79 Å². The van der Waals surface area contributed by atoms with Crippen LogP contribution in [0.3, 0.4) is 0 Å². The molecular formula is C13H14BrN3O2S. The van der Waals surface area contributed by atoms with Crippen LogP contribution in [0.4, 0.5) is 0 Å². The van der Waals surface area contributed by atoms with Crippen molar-refractivity contribution in [2.45, 2.75) is 19.9 Å². The molecule has 0 atom stereocenters. The van der Waals surface area contributed by atoms with Gasteiger partial charge < -0.3 is 9.42 Å². The van der Waals surface area contributed by atoms with Crippen LogP contribution < -0.4 is 0 Å². The molecular weight excluding hydrogens is 342 g/mol. The molecule has 0 aromatic carbocycles. The van der Waals surface area contributed by atoms with Crippen molar-refractivity contribution in [3.8, 4) is 0 Å². The number of amides is 1. The molecule has 0 bridgehead atoms. The third kappa shape index (κ3) is 4.01. The highest BCUT2D eigenvalue weighted by atomic mass is 79.9. The summed E-state index contributed by atoms with van der Waals surface area (Å²) >= 11 is 4.88. The number of hydrogen-bond donors (Lipinski definition) is 0. The molecule has 2 aromatic rings. The summed E-state index contributed by atoms with van der Waals surface area (Å²) in [5, 5.41) is 4.71. The Balaban J connectivity index is 2.00. The highest BCUT2D eigenvalue weighted by Crippen LogP contribution is 2.20. The van der Waals surface area contributed by atoms with Gasteiger partial charge in [-0.05, 0) is 28.9 Å². The molecule has 0 aliphatic heterocycles. The van der Waals surface area contributed by atoms with Crippen LogP contribution in [0.1, 0.15) is 16.5 Å². The zero-order valence-electron chi connectivity index (χ0n) is 11.0. The van der Waals surface area contributed by atoms with Crippen LogP contribution in [-0.2, 0) is 17.8 Å². The first-order chi connectivity index (χ1) is 9.58. The zero-order chi connectivity index (χ0) is 14.5. The lowest BCUT2D eigenvalue weighted by atomic mass is 10.3. The highest BCUT2D eigenvalue weighted by molar-refractivity contribution is 9.11. The predicted octanol–water partition coefficient (Wildman–Crippen LogP) is 2.96. The van der Waals surface area contributed by atoms with Gasteiger partial charge in [0.05, 0.1) is 22.2 Å². The normalized spacial score (nSPS) is 10.5. The van der Waals surface area contributed by atoms with Gasteiger partial charge in [-0.25, -0.2) is 4.98 Å².